The number of nitrogen functional groups attached to an aromatic ring is 1. The number of aryl methyl sites for hydroxylation is 1. The van der Waals surface area contributed by atoms with Gasteiger partial charge in [0.2, 0.25) is 0 Å². The number of aromatic nitrogens is 4. The van der Waals surface area contributed by atoms with Crippen LogP contribution < -0.4 is 5.73 Å². The van der Waals surface area contributed by atoms with E-state index >= 15 is 0 Å². The molecule has 8 heteroatoms. The van der Waals surface area contributed by atoms with E-state index in [1.807, 2.05) is 0 Å². The predicted octanol–water partition coefficient (Wildman–Crippen LogP) is 1.41. The molecule has 0 bridgehead atoms. The Hall–Kier alpha value is -1.99. The Morgan fingerprint density at radius 3 is 2.56 bits per heavy atom. The first kappa shape index (κ1) is 10.5. The van der Waals surface area contributed by atoms with Crippen LogP contribution in [-0.2, 0) is 13.2 Å². The van der Waals surface area contributed by atoms with Crippen LogP contribution in [0.1, 0.15) is 5.69 Å². The van der Waals surface area contributed by atoms with Crippen LogP contribution in [0.25, 0.3) is 11.4 Å². The molecular formula is C8H8F3N5. The molecule has 5 nitrogen and oxygen atoms in total. The standard InChI is InChI=1S/C8H8F3N5/c1-16-5(7-4(12)3-13-14-7)2-6(15-16)8(9,10)11/h2-3H,12H2,1H3,(H,13,14). The number of hydrogen-bond acceptors (Lipinski definition) is 3. The highest BCUT2D eigenvalue weighted by molar-refractivity contribution is 5.69. The second kappa shape index (κ2) is 3.26. The number of nitrogens with one attached hydrogen (secondary N) is 1. The molecule has 0 amide bonds. The van der Waals surface area contributed by atoms with Crippen molar-refractivity contribution in [2.75, 3.05) is 5.73 Å². The number of alkyl halides is 3. The molecule has 2 heterocycles. The van der Waals surface area contributed by atoms with Crippen molar-refractivity contribution < 1.29 is 13.2 Å². The smallest absolute Gasteiger partial charge is 0.396 e. The number of aromatic amines is 1. The fourth-order valence-electron chi connectivity index (χ4n) is 1.34. The molecule has 0 fully saturated rings. The quantitative estimate of drug-likeness (QED) is 0.779. The van der Waals surface area contributed by atoms with Crippen LogP contribution in [0.4, 0.5) is 18.9 Å². The summed E-state index contributed by atoms with van der Waals surface area (Å²) >= 11 is 0. The van der Waals surface area contributed by atoms with Gasteiger partial charge in [-0.3, -0.25) is 9.78 Å². The van der Waals surface area contributed by atoms with Crippen molar-refractivity contribution in [3.8, 4) is 11.4 Å². The van der Waals surface area contributed by atoms with Crippen LogP contribution >= 0.6 is 0 Å². The predicted molar refractivity (Wildman–Crippen MR) is 50.2 cm³/mol. The van der Waals surface area contributed by atoms with Crippen LogP contribution in [0.5, 0.6) is 0 Å². The van der Waals surface area contributed by atoms with Crippen molar-refractivity contribution in [3.05, 3.63) is 18.0 Å². The van der Waals surface area contributed by atoms with Gasteiger partial charge in [0.1, 0.15) is 5.69 Å². The molecule has 0 saturated carbocycles. The van der Waals surface area contributed by atoms with Crippen molar-refractivity contribution in [1.82, 2.24) is 20.0 Å². The molecule has 0 spiro atoms. The molecule has 2 aromatic heterocycles. The van der Waals surface area contributed by atoms with E-state index in [1.54, 1.807) is 0 Å². The summed E-state index contributed by atoms with van der Waals surface area (Å²) in [6.45, 7) is 0. The van der Waals surface area contributed by atoms with Crippen LogP contribution in [0, 0.1) is 0 Å². The molecule has 3 N–H and O–H groups in total. The normalized spacial score (nSPS) is 12.0. The van der Waals surface area contributed by atoms with Gasteiger partial charge in [0.25, 0.3) is 0 Å². The van der Waals surface area contributed by atoms with Crippen molar-refractivity contribution >= 4 is 5.69 Å². The molecular weight excluding hydrogens is 223 g/mol. The molecule has 0 radical (unpaired) electrons. The van der Waals surface area contributed by atoms with E-state index in [0.717, 1.165) is 10.7 Å². The number of rotatable bonds is 1. The van der Waals surface area contributed by atoms with Crippen LogP contribution in [0.2, 0.25) is 0 Å². The van der Waals surface area contributed by atoms with E-state index in [1.165, 1.54) is 13.2 Å². The Morgan fingerprint density at radius 1 is 1.44 bits per heavy atom. The summed E-state index contributed by atoms with van der Waals surface area (Å²) in [5, 5.41) is 9.53. The molecule has 0 aliphatic rings. The molecule has 2 aromatic rings. The van der Waals surface area contributed by atoms with Gasteiger partial charge in [-0.25, -0.2) is 0 Å². The summed E-state index contributed by atoms with van der Waals surface area (Å²) < 4.78 is 38.3. The number of halogens is 3. The van der Waals surface area contributed by atoms with E-state index in [4.69, 9.17) is 5.73 Å². The Bertz CT molecular complexity index is 510. The molecule has 2 rings (SSSR count). The Balaban J connectivity index is 2.52. The van der Waals surface area contributed by atoms with Crippen LogP contribution in [0.15, 0.2) is 12.3 Å². The van der Waals surface area contributed by atoms with Gasteiger partial charge in [-0.15, -0.1) is 0 Å². The van der Waals surface area contributed by atoms with Gasteiger partial charge in [-0.1, -0.05) is 0 Å². The molecule has 0 aliphatic heterocycles. The monoisotopic (exact) mass is 231 g/mol. The minimum Gasteiger partial charge on any atom is -0.396 e. The van der Waals surface area contributed by atoms with Gasteiger partial charge >= 0.3 is 6.18 Å². The Labute approximate surface area is 88.1 Å². The number of nitrogens with zero attached hydrogens (tertiary/aromatic N) is 3. The maximum Gasteiger partial charge on any atom is 0.435 e. The first-order chi connectivity index (χ1) is 7.39. The van der Waals surface area contributed by atoms with Crippen LogP contribution in [-0.4, -0.2) is 20.0 Å². The van der Waals surface area contributed by atoms with E-state index in [0.29, 0.717) is 5.69 Å². The third-order valence-electron chi connectivity index (χ3n) is 2.10. The maximum atomic E-state index is 12.4. The van der Waals surface area contributed by atoms with Crippen molar-refractivity contribution in [1.29, 1.82) is 0 Å². The minimum absolute atomic E-state index is 0.238. The van der Waals surface area contributed by atoms with Gasteiger partial charge in [-0.05, 0) is 6.07 Å². The lowest BCUT2D eigenvalue weighted by atomic mass is 10.2. The van der Waals surface area contributed by atoms with Gasteiger partial charge < -0.3 is 5.73 Å². The second-order valence-corrected chi connectivity index (χ2v) is 3.24. The molecule has 86 valence electrons. The molecule has 0 unspecified atom stereocenters. The van der Waals surface area contributed by atoms with Gasteiger partial charge in [-0.2, -0.15) is 23.4 Å². The largest absolute Gasteiger partial charge is 0.435 e. The highest BCUT2D eigenvalue weighted by atomic mass is 19.4. The first-order valence-corrected chi connectivity index (χ1v) is 4.30. The number of hydrogen-bond donors (Lipinski definition) is 2. The van der Waals surface area contributed by atoms with Crippen molar-refractivity contribution in [2.45, 2.75) is 6.18 Å². The molecule has 0 aromatic carbocycles. The summed E-state index contributed by atoms with van der Waals surface area (Å²) in [7, 11) is 1.41. The van der Waals surface area contributed by atoms with Crippen molar-refractivity contribution in [2.24, 2.45) is 7.05 Å². The lowest BCUT2D eigenvalue weighted by Gasteiger charge is -1.99. The van der Waals surface area contributed by atoms with Crippen LogP contribution in [0.3, 0.4) is 0 Å². The molecule has 16 heavy (non-hydrogen) atoms. The first-order valence-electron chi connectivity index (χ1n) is 4.30. The minimum atomic E-state index is -4.47. The fourth-order valence-corrected chi connectivity index (χ4v) is 1.34. The fraction of sp³-hybridized carbons (Fsp3) is 0.250. The Kier molecular flexibility index (Phi) is 2.14. The maximum absolute atomic E-state index is 12.4. The molecule has 0 atom stereocenters. The average molecular weight is 231 g/mol. The third-order valence-corrected chi connectivity index (χ3v) is 2.10. The zero-order valence-corrected chi connectivity index (χ0v) is 8.21. The highest BCUT2D eigenvalue weighted by Gasteiger charge is 2.35. The SMILES string of the molecule is Cn1nc(C(F)(F)F)cc1-c1[nH]ncc1N. The van der Waals surface area contributed by atoms with Crippen molar-refractivity contribution in [3.63, 3.8) is 0 Å². The van der Waals surface area contributed by atoms with E-state index in [2.05, 4.69) is 15.3 Å². The zero-order chi connectivity index (χ0) is 11.9. The molecule has 0 aliphatic carbocycles. The second-order valence-electron chi connectivity index (χ2n) is 3.24. The van der Waals surface area contributed by atoms with E-state index in [9.17, 15) is 13.2 Å². The summed E-state index contributed by atoms with van der Waals surface area (Å²) in [6, 6.07) is 0.921. The Morgan fingerprint density at radius 2 is 2.12 bits per heavy atom. The third kappa shape index (κ3) is 1.62. The zero-order valence-electron chi connectivity index (χ0n) is 8.21. The lowest BCUT2D eigenvalue weighted by molar-refractivity contribution is -0.141. The summed E-state index contributed by atoms with van der Waals surface area (Å²) in [4.78, 5) is 0. The average Bonchev–Trinajstić information content (AvgIpc) is 2.70. The lowest BCUT2D eigenvalue weighted by Crippen LogP contribution is -2.06. The van der Waals surface area contributed by atoms with Gasteiger partial charge in [0, 0.05) is 7.05 Å². The van der Waals surface area contributed by atoms with E-state index in [-0.39, 0.29) is 11.4 Å². The number of H-pyrrole nitrogens is 1. The van der Waals surface area contributed by atoms with Gasteiger partial charge in [0.15, 0.2) is 5.69 Å². The summed E-state index contributed by atoms with van der Waals surface area (Å²) in [5.41, 5.74) is 5.42. The highest BCUT2D eigenvalue weighted by Crippen LogP contribution is 2.32. The van der Waals surface area contributed by atoms with Gasteiger partial charge in [0.05, 0.1) is 17.6 Å². The number of anilines is 1. The van der Waals surface area contributed by atoms with E-state index < -0.39 is 11.9 Å². The number of nitrogens with two attached hydrogens (primary N) is 1. The summed E-state index contributed by atoms with van der Waals surface area (Å²) in [6.07, 6.45) is -3.14. The molecule has 0 saturated heterocycles. The summed E-state index contributed by atoms with van der Waals surface area (Å²) in [5.74, 6) is 0. The topological polar surface area (TPSA) is 72.5 Å².